The summed E-state index contributed by atoms with van der Waals surface area (Å²) < 4.78 is 0. The molecule has 0 aliphatic carbocycles. The van der Waals surface area contributed by atoms with Crippen LogP contribution in [0.5, 0.6) is 5.75 Å². The fourth-order valence-corrected chi connectivity index (χ4v) is 1.72. The highest BCUT2D eigenvalue weighted by Crippen LogP contribution is 2.27. The Morgan fingerprint density at radius 1 is 1.21 bits per heavy atom. The Morgan fingerprint density at radius 3 is 2.63 bits per heavy atom. The second-order valence-corrected chi connectivity index (χ2v) is 4.59. The number of hydrogen-bond acceptors (Lipinski definition) is 4. The number of phenols is 1. The third-order valence-corrected chi connectivity index (χ3v) is 3.23. The van der Waals surface area contributed by atoms with E-state index in [2.05, 4.69) is 15.3 Å². The number of aromatic nitrogens is 2. The first kappa shape index (κ1) is 13.9. The van der Waals surface area contributed by atoms with Crippen molar-refractivity contribution >= 4 is 46.5 Å². The Morgan fingerprint density at radius 2 is 1.95 bits per heavy atom. The van der Waals surface area contributed by atoms with Gasteiger partial charge in [0.25, 0.3) is 5.91 Å². The molecule has 1 heterocycles. The molecule has 0 spiro atoms. The van der Waals surface area contributed by atoms with Gasteiger partial charge in [0.2, 0.25) is 0 Å². The number of aromatic hydroxyl groups is 1. The second kappa shape index (κ2) is 5.61. The van der Waals surface area contributed by atoms with Crippen LogP contribution >= 0.6 is 34.8 Å². The highest BCUT2D eigenvalue weighted by Gasteiger charge is 2.13. The molecule has 5 nitrogen and oxygen atoms in total. The van der Waals surface area contributed by atoms with E-state index in [1.807, 2.05) is 0 Å². The molecule has 2 rings (SSSR count). The maximum absolute atomic E-state index is 11.9. The van der Waals surface area contributed by atoms with Gasteiger partial charge in [-0.3, -0.25) is 4.79 Å². The number of halogens is 3. The van der Waals surface area contributed by atoms with Gasteiger partial charge in [-0.25, -0.2) is 9.97 Å². The van der Waals surface area contributed by atoms with Crippen molar-refractivity contribution in [3.8, 4) is 5.75 Å². The van der Waals surface area contributed by atoms with Gasteiger partial charge in [0, 0.05) is 5.56 Å². The molecule has 0 radical (unpaired) electrons. The fraction of sp³-hybridized carbons (Fsp3) is 0. The van der Waals surface area contributed by atoms with Crippen LogP contribution in [0.4, 0.5) is 5.82 Å². The lowest BCUT2D eigenvalue weighted by Crippen LogP contribution is -2.13. The summed E-state index contributed by atoms with van der Waals surface area (Å²) in [7, 11) is 0. The molecule has 0 fully saturated rings. The zero-order valence-electron chi connectivity index (χ0n) is 9.19. The number of nitrogens with one attached hydrogen (secondary N) is 1. The quantitative estimate of drug-likeness (QED) is 0.832. The van der Waals surface area contributed by atoms with E-state index < -0.39 is 5.91 Å². The third-order valence-electron chi connectivity index (χ3n) is 2.19. The van der Waals surface area contributed by atoms with Crippen LogP contribution < -0.4 is 5.32 Å². The summed E-state index contributed by atoms with van der Waals surface area (Å²) in [5.74, 6) is -0.504. The van der Waals surface area contributed by atoms with E-state index in [4.69, 9.17) is 34.8 Å². The van der Waals surface area contributed by atoms with Crippen LogP contribution in [0.1, 0.15) is 10.4 Å². The van der Waals surface area contributed by atoms with E-state index in [1.165, 1.54) is 24.5 Å². The lowest BCUT2D eigenvalue weighted by Gasteiger charge is -2.07. The predicted molar refractivity (Wildman–Crippen MR) is 73.1 cm³/mol. The van der Waals surface area contributed by atoms with Gasteiger partial charge >= 0.3 is 0 Å². The average molecular weight is 319 g/mol. The minimum Gasteiger partial charge on any atom is -0.506 e. The number of nitrogens with zero attached hydrogens (tertiary/aromatic N) is 2. The summed E-state index contributed by atoms with van der Waals surface area (Å²) in [6.07, 6.45) is 1.17. The number of phenolic OH excluding ortho intramolecular Hbond substituents is 1. The van der Waals surface area contributed by atoms with Crippen molar-refractivity contribution in [2.45, 2.75) is 0 Å². The molecule has 1 aromatic carbocycles. The molecule has 0 unspecified atom stereocenters. The zero-order chi connectivity index (χ0) is 14.0. The summed E-state index contributed by atoms with van der Waals surface area (Å²) in [6, 6.07) is 4.04. The monoisotopic (exact) mass is 317 g/mol. The number of amides is 1. The number of anilines is 1. The molecule has 0 atom stereocenters. The summed E-state index contributed by atoms with van der Waals surface area (Å²) >= 11 is 17.3. The van der Waals surface area contributed by atoms with Crippen molar-refractivity contribution in [1.29, 1.82) is 0 Å². The normalized spacial score (nSPS) is 10.3. The maximum atomic E-state index is 11.9. The van der Waals surface area contributed by atoms with Crippen molar-refractivity contribution in [3.05, 3.63) is 45.3 Å². The standard InChI is InChI=1S/C11H6Cl3N3O2/c12-6-3-5(1-2-7(6)18)11(19)17-10-8(13)9(14)15-4-16-10/h1-4,18H,(H,15,16,17,19). The Kier molecular flexibility index (Phi) is 4.09. The van der Waals surface area contributed by atoms with E-state index in [-0.39, 0.29) is 32.3 Å². The molecular weight excluding hydrogens is 312 g/mol. The lowest BCUT2D eigenvalue weighted by molar-refractivity contribution is 0.102. The van der Waals surface area contributed by atoms with Gasteiger partial charge in [0.15, 0.2) is 11.0 Å². The minimum absolute atomic E-state index is 0.0377. The minimum atomic E-state index is -0.487. The molecular formula is C11H6Cl3N3O2. The lowest BCUT2D eigenvalue weighted by atomic mass is 10.2. The summed E-state index contributed by atoms with van der Waals surface area (Å²) in [5, 5.41) is 11.9. The van der Waals surface area contributed by atoms with Gasteiger partial charge < -0.3 is 10.4 Å². The van der Waals surface area contributed by atoms with Gasteiger partial charge in [-0.05, 0) is 18.2 Å². The van der Waals surface area contributed by atoms with Crippen molar-refractivity contribution in [3.63, 3.8) is 0 Å². The number of rotatable bonds is 2. The molecule has 0 bridgehead atoms. The molecule has 98 valence electrons. The van der Waals surface area contributed by atoms with E-state index in [1.54, 1.807) is 0 Å². The molecule has 0 saturated carbocycles. The first-order chi connectivity index (χ1) is 8.99. The molecule has 1 aromatic heterocycles. The smallest absolute Gasteiger partial charge is 0.256 e. The fourth-order valence-electron chi connectivity index (χ4n) is 1.26. The van der Waals surface area contributed by atoms with Gasteiger partial charge in [-0.1, -0.05) is 34.8 Å². The molecule has 1 amide bonds. The summed E-state index contributed by atoms with van der Waals surface area (Å²) in [5.41, 5.74) is 0.244. The number of benzene rings is 1. The second-order valence-electron chi connectivity index (χ2n) is 3.45. The van der Waals surface area contributed by atoms with Crippen molar-refractivity contribution in [2.24, 2.45) is 0 Å². The Labute approximate surface area is 123 Å². The first-order valence-corrected chi connectivity index (χ1v) is 6.08. The molecule has 0 aliphatic heterocycles. The van der Waals surface area contributed by atoms with Crippen LogP contribution in [0.3, 0.4) is 0 Å². The van der Waals surface area contributed by atoms with E-state index in [0.717, 1.165) is 0 Å². The average Bonchev–Trinajstić information content (AvgIpc) is 2.38. The SMILES string of the molecule is O=C(Nc1ncnc(Cl)c1Cl)c1ccc(O)c(Cl)c1. The Hall–Kier alpha value is -1.56. The molecule has 0 aliphatic rings. The molecule has 8 heteroatoms. The Balaban J connectivity index is 2.26. The summed E-state index contributed by atoms with van der Waals surface area (Å²) in [4.78, 5) is 19.4. The van der Waals surface area contributed by atoms with Gasteiger partial charge in [0.1, 0.15) is 17.1 Å². The van der Waals surface area contributed by atoms with Crippen molar-refractivity contribution < 1.29 is 9.90 Å². The van der Waals surface area contributed by atoms with Crippen LogP contribution in [-0.4, -0.2) is 21.0 Å². The number of hydrogen-bond donors (Lipinski definition) is 2. The summed E-state index contributed by atoms with van der Waals surface area (Å²) in [6.45, 7) is 0. The molecule has 0 saturated heterocycles. The molecule has 2 aromatic rings. The van der Waals surface area contributed by atoms with Crippen LogP contribution in [0.15, 0.2) is 24.5 Å². The highest BCUT2D eigenvalue weighted by atomic mass is 35.5. The van der Waals surface area contributed by atoms with Gasteiger partial charge in [-0.2, -0.15) is 0 Å². The maximum Gasteiger partial charge on any atom is 0.256 e. The first-order valence-electron chi connectivity index (χ1n) is 4.95. The van der Waals surface area contributed by atoms with Crippen LogP contribution in [0.25, 0.3) is 0 Å². The van der Waals surface area contributed by atoms with Gasteiger partial charge in [-0.15, -0.1) is 0 Å². The highest BCUT2D eigenvalue weighted by molar-refractivity contribution is 6.43. The predicted octanol–water partition coefficient (Wildman–Crippen LogP) is 3.39. The van der Waals surface area contributed by atoms with Crippen LogP contribution in [0, 0.1) is 0 Å². The zero-order valence-corrected chi connectivity index (χ0v) is 11.5. The third kappa shape index (κ3) is 3.07. The van der Waals surface area contributed by atoms with Crippen LogP contribution in [-0.2, 0) is 0 Å². The Bertz CT molecular complexity index is 649. The van der Waals surface area contributed by atoms with Gasteiger partial charge in [0.05, 0.1) is 5.02 Å². The molecule has 2 N–H and O–H groups in total. The van der Waals surface area contributed by atoms with E-state index in [9.17, 15) is 9.90 Å². The van der Waals surface area contributed by atoms with Crippen molar-refractivity contribution in [2.75, 3.05) is 5.32 Å². The van der Waals surface area contributed by atoms with Crippen LogP contribution in [0.2, 0.25) is 15.2 Å². The topological polar surface area (TPSA) is 75.1 Å². The van der Waals surface area contributed by atoms with E-state index >= 15 is 0 Å². The number of carbonyl (C=O) groups is 1. The van der Waals surface area contributed by atoms with Crippen molar-refractivity contribution in [1.82, 2.24) is 9.97 Å². The van der Waals surface area contributed by atoms with E-state index in [0.29, 0.717) is 0 Å². The largest absolute Gasteiger partial charge is 0.506 e. The molecule has 19 heavy (non-hydrogen) atoms. The number of carbonyl (C=O) groups excluding carboxylic acids is 1.